The third kappa shape index (κ3) is 7.37. The highest BCUT2D eigenvalue weighted by molar-refractivity contribution is 7.93. The van der Waals surface area contributed by atoms with E-state index in [1.54, 1.807) is 27.8 Å². The Labute approximate surface area is 183 Å². The van der Waals surface area contributed by atoms with Gasteiger partial charge in [0.05, 0.1) is 17.0 Å². The summed E-state index contributed by atoms with van der Waals surface area (Å²) in [6.45, 7) is 5.22. The van der Waals surface area contributed by atoms with Gasteiger partial charge in [0.1, 0.15) is 12.2 Å². The Bertz CT molecular complexity index is 983. The number of anilines is 1. The number of ether oxygens (including phenoxy) is 2. The zero-order chi connectivity index (χ0) is 23.1. The van der Waals surface area contributed by atoms with Crippen LogP contribution in [0, 0.1) is 0 Å². The van der Waals surface area contributed by atoms with E-state index in [9.17, 15) is 18.0 Å². The molecule has 1 amide bonds. The molecule has 0 aliphatic carbocycles. The highest BCUT2D eigenvalue weighted by Gasteiger charge is 2.33. The summed E-state index contributed by atoms with van der Waals surface area (Å²) in [5.41, 5.74) is 0.273. The second-order valence-electron chi connectivity index (χ2n) is 7.77. The summed E-state index contributed by atoms with van der Waals surface area (Å²) < 4.78 is 36.8. The summed E-state index contributed by atoms with van der Waals surface area (Å²) in [5.74, 6) is -0.860. The van der Waals surface area contributed by atoms with Crippen LogP contribution >= 0.6 is 0 Å². The van der Waals surface area contributed by atoms with Gasteiger partial charge in [-0.3, -0.25) is 0 Å². The standard InChI is InChI=1S/C22H28N2O6S/c1-22(2,3)30-21(26)24(31(27,28)15-14-23-4)19-12-10-18(11-13-19)20(25)29-16-17-8-6-5-7-9-17/h5-13,23H,14-16H2,1-4H3. The molecular weight excluding hydrogens is 420 g/mol. The number of benzene rings is 2. The number of carbonyl (C=O) groups excluding carboxylic acids is 2. The predicted molar refractivity (Wildman–Crippen MR) is 118 cm³/mol. The molecule has 0 radical (unpaired) electrons. The van der Waals surface area contributed by atoms with Gasteiger partial charge in [0.25, 0.3) is 0 Å². The van der Waals surface area contributed by atoms with Crippen LogP contribution in [0.4, 0.5) is 10.5 Å². The molecule has 0 saturated carbocycles. The summed E-state index contributed by atoms with van der Waals surface area (Å²) in [7, 11) is -2.39. The van der Waals surface area contributed by atoms with E-state index in [0.29, 0.717) is 4.31 Å². The second-order valence-corrected chi connectivity index (χ2v) is 9.71. The van der Waals surface area contributed by atoms with Crippen molar-refractivity contribution in [3.05, 3.63) is 65.7 Å². The molecule has 2 aromatic rings. The quantitative estimate of drug-likeness (QED) is 0.618. The number of sulfonamides is 1. The van der Waals surface area contributed by atoms with Gasteiger partial charge in [0, 0.05) is 6.54 Å². The number of hydrogen-bond donors (Lipinski definition) is 1. The molecule has 2 aromatic carbocycles. The zero-order valence-electron chi connectivity index (χ0n) is 18.1. The molecule has 9 heteroatoms. The Balaban J connectivity index is 2.22. The van der Waals surface area contributed by atoms with E-state index in [1.807, 2.05) is 30.3 Å². The molecule has 0 fully saturated rings. The van der Waals surface area contributed by atoms with Gasteiger partial charge in [0.2, 0.25) is 10.0 Å². The molecule has 0 atom stereocenters. The van der Waals surface area contributed by atoms with E-state index in [-0.39, 0.29) is 30.2 Å². The Morgan fingerprint density at radius 3 is 2.16 bits per heavy atom. The smallest absolute Gasteiger partial charge is 0.428 e. The first-order valence-corrected chi connectivity index (χ1v) is 11.4. The first kappa shape index (κ1) is 24.4. The van der Waals surface area contributed by atoms with Crippen LogP contribution in [0.15, 0.2) is 54.6 Å². The molecule has 0 aliphatic rings. The molecule has 0 saturated heterocycles. The van der Waals surface area contributed by atoms with Gasteiger partial charge in [0.15, 0.2) is 0 Å². The fraction of sp³-hybridized carbons (Fsp3) is 0.364. The average Bonchev–Trinajstić information content (AvgIpc) is 2.70. The lowest BCUT2D eigenvalue weighted by Crippen LogP contribution is -2.43. The third-order valence-electron chi connectivity index (χ3n) is 4.00. The number of rotatable bonds is 8. The maximum atomic E-state index is 12.8. The van der Waals surface area contributed by atoms with Gasteiger partial charge in [-0.2, -0.15) is 4.31 Å². The fourth-order valence-corrected chi connectivity index (χ4v) is 3.90. The van der Waals surface area contributed by atoms with E-state index in [2.05, 4.69) is 5.32 Å². The molecule has 0 spiro atoms. The highest BCUT2D eigenvalue weighted by atomic mass is 32.2. The number of esters is 1. The SMILES string of the molecule is CNCCS(=O)(=O)N(C(=O)OC(C)(C)C)c1ccc(C(=O)OCc2ccccc2)cc1. The average molecular weight is 449 g/mol. The molecule has 168 valence electrons. The highest BCUT2D eigenvalue weighted by Crippen LogP contribution is 2.23. The van der Waals surface area contributed by atoms with Crippen molar-refractivity contribution in [2.75, 3.05) is 23.7 Å². The Kier molecular flexibility index (Phi) is 8.18. The van der Waals surface area contributed by atoms with Crippen molar-refractivity contribution < 1.29 is 27.5 Å². The van der Waals surface area contributed by atoms with Crippen LogP contribution in [0.5, 0.6) is 0 Å². The maximum Gasteiger partial charge on any atom is 0.428 e. The van der Waals surface area contributed by atoms with E-state index in [1.165, 1.54) is 24.3 Å². The van der Waals surface area contributed by atoms with Crippen molar-refractivity contribution in [2.24, 2.45) is 0 Å². The van der Waals surface area contributed by atoms with E-state index < -0.39 is 27.7 Å². The van der Waals surface area contributed by atoms with Crippen molar-refractivity contribution in [3.8, 4) is 0 Å². The van der Waals surface area contributed by atoms with Crippen LogP contribution in [0.3, 0.4) is 0 Å². The van der Waals surface area contributed by atoms with E-state index in [0.717, 1.165) is 5.56 Å². The molecule has 0 unspecified atom stereocenters. The first-order chi connectivity index (χ1) is 14.5. The van der Waals surface area contributed by atoms with Gasteiger partial charge >= 0.3 is 12.1 Å². The number of nitrogens with one attached hydrogen (secondary N) is 1. The molecule has 0 heterocycles. The van der Waals surface area contributed by atoms with Crippen LogP contribution < -0.4 is 9.62 Å². The topological polar surface area (TPSA) is 102 Å². The number of nitrogens with zero attached hydrogens (tertiary/aromatic N) is 1. The number of amides is 1. The molecule has 0 aliphatic heterocycles. The Morgan fingerprint density at radius 2 is 1.61 bits per heavy atom. The molecule has 0 aromatic heterocycles. The van der Waals surface area contributed by atoms with Crippen molar-refractivity contribution in [3.63, 3.8) is 0 Å². The zero-order valence-corrected chi connectivity index (χ0v) is 18.9. The molecule has 0 bridgehead atoms. The summed E-state index contributed by atoms with van der Waals surface area (Å²) >= 11 is 0. The van der Waals surface area contributed by atoms with Crippen molar-refractivity contribution in [1.29, 1.82) is 0 Å². The molecular formula is C22H28N2O6S. The molecule has 8 nitrogen and oxygen atoms in total. The van der Waals surface area contributed by atoms with Crippen LogP contribution in [0.1, 0.15) is 36.7 Å². The van der Waals surface area contributed by atoms with Crippen LogP contribution in [-0.4, -0.2) is 45.4 Å². The Morgan fingerprint density at radius 1 is 1.00 bits per heavy atom. The minimum atomic E-state index is -4.01. The van der Waals surface area contributed by atoms with E-state index in [4.69, 9.17) is 9.47 Å². The summed E-state index contributed by atoms with van der Waals surface area (Å²) in [4.78, 5) is 25.0. The molecule has 1 N–H and O–H groups in total. The number of carbonyl (C=O) groups is 2. The summed E-state index contributed by atoms with van der Waals surface area (Å²) in [5, 5.41) is 2.75. The first-order valence-electron chi connectivity index (χ1n) is 9.75. The number of hydrogen-bond acceptors (Lipinski definition) is 7. The summed E-state index contributed by atoms with van der Waals surface area (Å²) in [6.07, 6.45) is -1.01. The lowest BCUT2D eigenvalue weighted by molar-refractivity contribution is 0.0472. The van der Waals surface area contributed by atoms with Gasteiger partial charge in [-0.25, -0.2) is 18.0 Å². The van der Waals surface area contributed by atoms with Gasteiger partial charge in [-0.1, -0.05) is 30.3 Å². The minimum absolute atomic E-state index is 0.0740. The molecule has 31 heavy (non-hydrogen) atoms. The van der Waals surface area contributed by atoms with Crippen LogP contribution in [0.2, 0.25) is 0 Å². The van der Waals surface area contributed by atoms with Crippen LogP contribution in [-0.2, 0) is 26.1 Å². The lowest BCUT2D eigenvalue weighted by atomic mass is 10.2. The van der Waals surface area contributed by atoms with Crippen LogP contribution in [0.25, 0.3) is 0 Å². The molecule has 2 rings (SSSR count). The Hall–Kier alpha value is -2.91. The van der Waals surface area contributed by atoms with Crippen molar-refractivity contribution >= 4 is 27.8 Å². The van der Waals surface area contributed by atoms with Gasteiger partial charge in [-0.05, 0) is 57.6 Å². The monoisotopic (exact) mass is 448 g/mol. The third-order valence-corrected chi connectivity index (χ3v) is 5.63. The van der Waals surface area contributed by atoms with Gasteiger partial charge < -0.3 is 14.8 Å². The van der Waals surface area contributed by atoms with Gasteiger partial charge in [-0.15, -0.1) is 0 Å². The summed E-state index contributed by atoms with van der Waals surface area (Å²) in [6, 6.07) is 14.8. The predicted octanol–water partition coefficient (Wildman–Crippen LogP) is 3.33. The van der Waals surface area contributed by atoms with E-state index >= 15 is 0 Å². The maximum absolute atomic E-state index is 12.8. The fourth-order valence-electron chi connectivity index (χ4n) is 2.54. The van der Waals surface area contributed by atoms with Crippen molar-refractivity contribution in [2.45, 2.75) is 33.0 Å². The minimum Gasteiger partial charge on any atom is -0.457 e. The largest absolute Gasteiger partial charge is 0.457 e. The normalized spacial score (nSPS) is 11.6. The van der Waals surface area contributed by atoms with Crippen molar-refractivity contribution in [1.82, 2.24) is 5.32 Å². The lowest BCUT2D eigenvalue weighted by Gasteiger charge is -2.27. The second kappa shape index (κ2) is 10.4.